The Labute approximate surface area is 165 Å². The zero-order valence-electron chi connectivity index (χ0n) is 17.1. The second-order valence-corrected chi connectivity index (χ2v) is 9.12. The topological polar surface area (TPSA) is 12.0 Å². The molecule has 144 valence electrons. The van der Waals surface area contributed by atoms with Gasteiger partial charge in [-0.3, -0.25) is 0 Å². The molecule has 2 aliphatic rings. The highest BCUT2D eigenvalue weighted by Gasteiger charge is 2.31. The SMILES string of the molecule is Cc1cccc2c1C(Cc1ccccc1)C(NCC1CCC(C)CC1)CC2. The summed E-state index contributed by atoms with van der Waals surface area (Å²) in [4.78, 5) is 0. The average Bonchev–Trinajstić information content (AvgIpc) is 2.69. The maximum absolute atomic E-state index is 4.04. The lowest BCUT2D eigenvalue weighted by molar-refractivity contribution is 0.262. The first-order valence-corrected chi connectivity index (χ1v) is 11.1. The molecule has 2 aromatic carbocycles. The van der Waals surface area contributed by atoms with Crippen molar-refractivity contribution in [3.63, 3.8) is 0 Å². The van der Waals surface area contributed by atoms with Gasteiger partial charge in [0.05, 0.1) is 0 Å². The van der Waals surface area contributed by atoms with Crippen LogP contribution in [-0.2, 0) is 12.8 Å². The summed E-state index contributed by atoms with van der Waals surface area (Å²) < 4.78 is 0. The van der Waals surface area contributed by atoms with Crippen LogP contribution in [0.3, 0.4) is 0 Å². The second kappa shape index (κ2) is 8.61. The normalized spacial score (nSPS) is 27.9. The first kappa shape index (κ1) is 18.7. The van der Waals surface area contributed by atoms with Crippen LogP contribution in [0.2, 0.25) is 0 Å². The van der Waals surface area contributed by atoms with Crippen LogP contribution in [0.1, 0.15) is 67.2 Å². The largest absolute Gasteiger partial charge is 0.313 e. The highest BCUT2D eigenvalue weighted by Crippen LogP contribution is 2.37. The standard InChI is InChI=1S/C26H35N/c1-19-11-13-22(14-12-19)18-27-25-16-15-23-10-6-7-20(2)26(23)24(25)17-21-8-4-3-5-9-21/h3-10,19,22,24-25,27H,11-18H2,1-2H3. The van der Waals surface area contributed by atoms with Gasteiger partial charge in [-0.05, 0) is 79.7 Å². The number of hydrogen-bond donors (Lipinski definition) is 1. The molecule has 0 saturated heterocycles. The Bertz CT molecular complexity index is 727. The van der Waals surface area contributed by atoms with E-state index in [4.69, 9.17) is 0 Å². The Kier molecular flexibility index (Phi) is 5.98. The lowest BCUT2D eigenvalue weighted by Gasteiger charge is -2.37. The van der Waals surface area contributed by atoms with Crippen LogP contribution < -0.4 is 5.32 Å². The van der Waals surface area contributed by atoms with Crippen molar-refractivity contribution in [2.75, 3.05) is 6.54 Å². The van der Waals surface area contributed by atoms with Gasteiger partial charge in [-0.2, -0.15) is 0 Å². The lowest BCUT2D eigenvalue weighted by Crippen LogP contribution is -2.42. The van der Waals surface area contributed by atoms with Gasteiger partial charge in [0.2, 0.25) is 0 Å². The van der Waals surface area contributed by atoms with E-state index in [0.717, 1.165) is 18.3 Å². The summed E-state index contributed by atoms with van der Waals surface area (Å²) in [7, 11) is 0. The van der Waals surface area contributed by atoms with Crippen molar-refractivity contribution in [1.29, 1.82) is 0 Å². The molecule has 0 radical (unpaired) electrons. The predicted octanol–water partition coefficient (Wildman–Crippen LogP) is 6.05. The summed E-state index contributed by atoms with van der Waals surface area (Å²) >= 11 is 0. The summed E-state index contributed by atoms with van der Waals surface area (Å²) in [6, 6.07) is 18.6. The molecule has 2 aromatic rings. The number of rotatable bonds is 5. The van der Waals surface area contributed by atoms with E-state index >= 15 is 0 Å². The van der Waals surface area contributed by atoms with Gasteiger partial charge < -0.3 is 5.32 Å². The minimum absolute atomic E-state index is 0.597. The van der Waals surface area contributed by atoms with E-state index in [0.29, 0.717) is 12.0 Å². The molecule has 0 aromatic heterocycles. The first-order chi connectivity index (χ1) is 13.2. The third-order valence-electron chi connectivity index (χ3n) is 7.10. The zero-order chi connectivity index (χ0) is 18.6. The van der Waals surface area contributed by atoms with Gasteiger partial charge in [0, 0.05) is 12.0 Å². The minimum atomic E-state index is 0.597. The van der Waals surface area contributed by atoms with E-state index in [1.165, 1.54) is 56.2 Å². The Morgan fingerprint density at radius 3 is 2.44 bits per heavy atom. The van der Waals surface area contributed by atoms with Crippen LogP contribution in [0.5, 0.6) is 0 Å². The van der Waals surface area contributed by atoms with Crippen LogP contribution in [0.25, 0.3) is 0 Å². The van der Waals surface area contributed by atoms with Crippen LogP contribution in [0, 0.1) is 18.8 Å². The van der Waals surface area contributed by atoms with Gasteiger partial charge >= 0.3 is 0 Å². The number of benzene rings is 2. The van der Waals surface area contributed by atoms with Gasteiger partial charge in [0.15, 0.2) is 0 Å². The van der Waals surface area contributed by atoms with E-state index in [1.807, 2.05) is 0 Å². The fourth-order valence-electron chi connectivity index (χ4n) is 5.41. The quantitative estimate of drug-likeness (QED) is 0.683. The van der Waals surface area contributed by atoms with Crippen molar-refractivity contribution < 1.29 is 0 Å². The van der Waals surface area contributed by atoms with Gasteiger partial charge in [-0.15, -0.1) is 0 Å². The van der Waals surface area contributed by atoms with Crippen molar-refractivity contribution >= 4 is 0 Å². The fraction of sp³-hybridized carbons (Fsp3) is 0.538. The molecule has 1 N–H and O–H groups in total. The number of aryl methyl sites for hydroxylation is 2. The third kappa shape index (κ3) is 4.46. The Hall–Kier alpha value is -1.60. The summed E-state index contributed by atoms with van der Waals surface area (Å²) in [5, 5.41) is 4.04. The molecule has 0 spiro atoms. The molecule has 27 heavy (non-hydrogen) atoms. The van der Waals surface area contributed by atoms with Crippen LogP contribution >= 0.6 is 0 Å². The van der Waals surface area contributed by atoms with Gasteiger partial charge in [-0.1, -0.05) is 68.3 Å². The van der Waals surface area contributed by atoms with Crippen molar-refractivity contribution in [3.8, 4) is 0 Å². The Morgan fingerprint density at radius 2 is 1.67 bits per heavy atom. The molecular weight excluding hydrogens is 326 g/mol. The second-order valence-electron chi connectivity index (χ2n) is 9.12. The molecule has 0 amide bonds. The van der Waals surface area contributed by atoms with Gasteiger partial charge in [0.25, 0.3) is 0 Å². The summed E-state index contributed by atoms with van der Waals surface area (Å²) in [6.07, 6.45) is 9.33. The van der Waals surface area contributed by atoms with E-state index in [1.54, 1.807) is 11.1 Å². The molecule has 1 saturated carbocycles. The molecule has 0 heterocycles. The zero-order valence-corrected chi connectivity index (χ0v) is 17.1. The van der Waals surface area contributed by atoms with Crippen molar-refractivity contribution in [1.82, 2.24) is 5.32 Å². The fourth-order valence-corrected chi connectivity index (χ4v) is 5.41. The van der Waals surface area contributed by atoms with E-state index in [9.17, 15) is 0 Å². The molecule has 2 atom stereocenters. The highest BCUT2D eigenvalue weighted by molar-refractivity contribution is 5.41. The molecular formula is C26H35N. The van der Waals surface area contributed by atoms with Crippen molar-refractivity contribution in [3.05, 3.63) is 70.8 Å². The van der Waals surface area contributed by atoms with Crippen molar-refractivity contribution in [2.24, 2.45) is 11.8 Å². The number of nitrogens with one attached hydrogen (secondary N) is 1. The summed E-state index contributed by atoms with van der Waals surface area (Å²) in [5.74, 6) is 2.42. The average molecular weight is 362 g/mol. The molecule has 1 nitrogen and oxygen atoms in total. The van der Waals surface area contributed by atoms with Crippen LogP contribution in [0.4, 0.5) is 0 Å². The van der Waals surface area contributed by atoms with Gasteiger partial charge in [0.1, 0.15) is 0 Å². The summed E-state index contributed by atoms with van der Waals surface area (Å²) in [5.41, 5.74) is 6.16. The van der Waals surface area contributed by atoms with E-state index in [2.05, 4.69) is 67.7 Å². The molecule has 0 aliphatic heterocycles. The smallest absolute Gasteiger partial charge is 0.0142 e. The molecule has 2 unspecified atom stereocenters. The molecule has 2 aliphatic carbocycles. The number of fused-ring (bicyclic) bond motifs is 1. The Morgan fingerprint density at radius 1 is 0.889 bits per heavy atom. The van der Waals surface area contributed by atoms with Crippen LogP contribution in [0.15, 0.2) is 48.5 Å². The number of hydrogen-bond acceptors (Lipinski definition) is 1. The predicted molar refractivity (Wildman–Crippen MR) is 115 cm³/mol. The molecule has 0 bridgehead atoms. The molecule has 1 heteroatoms. The lowest BCUT2D eigenvalue weighted by atomic mass is 9.74. The third-order valence-corrected chi connectivity index (χ3v) is 7.10. The van der Waals surface area contributed by atoms with Crippen molar-refractivity contribution in [2.45, 2.75) is 70.8 Å². The molecule has 1 fully saturated rings. The minimum Gasteiger partial charge on any atom is -0.313 e. The first-order valence-electron chi connectivity index (χ1n) is 11.1. The van der Waals surface area contributed by atoms with E-state index in [-0.39, 0.29) is 0 Å². The van der Waals surface area contributed by atoms with Crippen LogP contribution in [-0.4, -0.2) is 12.6 Å². The van der Waals surface area contributed by atoms with Gasteiger partial charge in [-0.25, -0.2) is 0 Å². The molecule has 4 rings (SSSR count). The maximum atomic E-state index is 4.04. The maximum Gasteiger partial charge on any atom is 0.0142 e. The monoisotopic (exact) mass is 361 g/mol. The highest BCUT2D eigenvalue weighted by atomic mass is 14.9. The van der Waals surface area contributed by atoms with E-state index < -0.39 is 0 Å². The summed E-state index contributed by atoms with van der Waals surface area (Å²) in [6.45, 7) is 5.94. The Balaban J connectivity index is 1.51.